The van der Waals surface area contributed by atoms with E-state index in [1.165, 1.54) is 0 Å². The lowest BCUT2D eigenvalue weighted by atomic mass is 10.1. The van der Waals surface area contributed by atoms with Gasteiger partial charge in [0.1, 0.15) is 11.3 Å². The SMILES string of the molecule is CCc1noc(C)c1C(=O)OCc1nc(-c2ccc(C)cc2)no1. The summed E-state index contributed by atoms with van der Waals surface area (Å²) in [7, 11) is 0. The van der Waals surface area contributed by atoms with Crippen LogP contribution >= 0.6 is 0 Å². The maximum atomic E-state index is 12.2. The largest absolute Gasteiger partial charge is 0.452 e. The van der Waals surface area contributed by atoms with Gasteiger partial charge < -0.3 is 13.8 Å². The molecule has 7 nitrogen and oxygen atoms in total. The fraction of sp³-hybridized carbons (Fsp3) is 0.294. The van der Waals surface area contributed by atoms with Crippen LogP contribution in [-0.4, -0.2) is 21.3 Å². The zero-order chi connectivity index (χ0) is 17.1. The van der Waals surface area contributed by atoms with Crippen LogP contribution in [0.25, 0.3) is 11.4 Å². The highest BCUT2D eigenvalue weighted by molar-refractivity contribution is 5.91. The Bertz CT molecular complexity index is 849. The summed E-state index contributed by atoms with van der Waals surface area (Å²) in [5.41, 5.74) is 2.91. The smallest absolute Gasteiger partial charge is 0.344 e. The number of hydrogen-bond donors (Lipinski definition) is 0. The van der Waals surface area contributed by atoms with Gasteiger partial charge in [-0.05, 0) is 20.3 Å². The number of aromatic nitrogens is 3. The topological polar surface area (TPSA) is 91.2 Å². The predicted molar refractivity (Wildman–Crippen MR) is 84.2 cm³/mol. The summed E-state index contributed by atoms with van der Waals surface area (Å²) < 4.78 is 15.4. The molecule has 3 rings (SSSR count). The first kappa shape index (κ1) is 15.9. The number of ether oxygens (including phenoxy) is 1. The summed E-state index contributed by atoms with van der Waals surface area (Å²) >= 11 is 0. The number of nitrogens with zero attached hydrogens (tertiary/aromatic N) is 3. The number of hydrogen-bond acceptors (Lipinski definition) is 7. The molecule has 0 spiro atoms. The number of esters is 1. The molecule has 0 fully saturated rings. The monoisotopic (exact) mass is 327 g/mol. The van der Waals surface area contributed by atoms with E-state index in [-0.39, 0.29) is 12.5 Å². The predicted octanol–water partition coefficient (Wildman–Crippen LogP) is 3.26. The summed E-state index contributed by atoms with van der Waals surface area (Å²) in [5, 5.41) is 7.73. The first-order valence-corrected chi connectivity index (χ1v) is 7.60. The molecule has 0 unspecified atom stereocenters. The Morgan fingerprint density at radius 1 is 1.12 bits per heavy atom. The fourth-order valence-electron chi connectivity index (χ4n) is 2.25. The van der Waals surface area contributed by atoms with Gasteiger partial charge in [-0.1, -0.05) is 47.1 Å². The van der Waals surface area contributed by atoms with Crippen LogP contribution in [-0.2, 0) is 17.8 Å². The molecule has 0 amide bonds. The van der Waals surface area contributed by atoms with Crippen molar-refractivity contribution < 1.29 is 18.6 Å². The quantitative estimate of drug-likeness (QED) is 0.664. The Hall–Kier alpha value is -2.96. The van der Waals surface area contributed by atoms with E-state index in [9.17, 15) is 4.79 Å². The van der Waals surface area contributed by atoms with Crippen LogP contribution in [0.2, 0.25) is 0 Å². The second-order valence-corrected chi connectivity index (χ2v) is 5.37. The molecule has 1 aromatic carbocycles. The molecule has 0 radical (unpaired) electrons. The van der Waals surface area contributed by atoms with Gasteiger partial charge in [0.2, 0.25) is 5.82 Å². The Morgan fingerprint density at radius 2 is 1.88 bits per heavy atom. The zero-order valence-corrected chi connectivity index (χ0v) is 13.7. The Labute approximate surface area is 138 Å². The average Bonchev–Trinajstić information content (AvgIpc) is 3.20. The van der Waals surface area contributed by atoms with Gasteiger partial charge in [0.15, 0.2) is 6.61 Å². The van der Waals surface area contributed by atoms with Crippen molar-refractivity contribution in [2.45, 2.75) is 33.8 Å². The fourth-order valence-corrected chi connectivity index (χ4v) is 2.25. The highest BCUT2D eigenvalue weighted by Crippen LogP contribution is 2.18. The molecule has 0 aliphatic rings. The van der Waals surface area contributed by atoms with E-state index in [0.717, 1.165) is 11.1 Å². The highest BCUT2D eigenvalue weighted by Gasteiger charge is 2.21. The minimum atomic E-state index is -0.513. The normalized spacial score (nSPS) is 10.8. The van der Waals surface area contributed by atoms with Gasteiger partial charge in [0, 0.05) is 5.56 Å². The molecule has 0 saturated carbocycles. The third-order valence-corrected chi connectivity index (χ3v) is 3.58. The van der Waals surface area contributed by atoms with Gasteiger partial charge in [-0.3, -0.25) is 0 Å². The molecule has 2 aromatic heterocycles. The number of rotatable bonds is 5. The second kappa shape index (κ2) is 6.66. The molecule has 0 saturated heterocycles. The minimum absolute atomic E-state index is 0.106. The second-order valence-electron chi connectivity index (χ2n) is 5.37. The number of carbonyl (C=O) groups excluding carboxylic acids is 1. The van der Waals surface area contributed by atoms with Crippen LogP contribution < -0.4 is 0 Å². The van der Waals surface area contributed by atoms with Crippen LogP contribution in [0.3, 0.4) is 0 Å². The van der Waals surface area contributed by atoms with Crippen molar-refractivity contribution in [3.63, 3.8) is 0 Å². The summed E-state index contributed by atoms with van der Waals surface area (Å²) in [6.45, 7) is 5.46. The van der Waals surface area contributed by atoms with Gasteiger partial charge in [-0.2, -0.15) is 4.98 Å². The molecule has 3 aromatic rings. The number of aryl methyl sites for hydroxylation is 3. The van der Waals surface area contributed by atoms with Crippen molar-refractivity contribution in [1.82, 2.24) is 15.3 Å². The van der Waals surface area contributed by atoms with Crippen molar-refractivity contribution in [2.24, 2.45) is 0 Å². The first-order valence-electron chi connectivity index (χ1n) is 7.60. The van der Waals surface area contributed by atoms with Crippen LogP contribution in [0, 0.1) is 13.8 Å². The van der Waals surface area contributed by atoms with E-state index in [1.54, 1.807) is 6.92 Å². The molecule has 24 heavy (non-hydrogen) atoms. The lowest BCUT2D eigenvalue weighted by molar-refractivity contribution is 0.0426. The van der Waals surface area contributed by atoms with Crippen LogP contribution in [0.15, 0.2) is 33.3 Å². The third-order valence-electron chi connectivity index (χ3n) is 3.58. The minimum Gasteiger partial charge on any atom is -0.452 e. The van der Waals surface area contributed by atoms with Crippen LogP contribution in [0.5, 0.6) is 0 Å². The molecule has 7 heteroatoms. The molecule has 0 aliphatic carbocycles. The van der Waals surface area contributed by atoms with Crippen LogP contribution in [0.1, 0.15) is 40.2 Å². The maximum Gasteiger partial charge on any atom is 0.344 e. The van der Waals surface area contributed by atoms with E-state index in [0.29, 0.717) is 29.3 Å². The van der Waals surface area contributed by atoms with E-state index >= 15 is 0 Å². The lowest BCUT2D eigenvalue weighted by Crippen LogP contribution is -2.08. The first-order chi connectivity index (χ1) is 11.6. The Kier molecular flexibility index (Phi) is 4.41. The van der Waals surface area contributed by atoms with Gasteiger partial charge in [0.05, 0.1) is 5.69 Å². The molecule has 124 valence electrons. The van der Waals surface area contributed by atoms with Gasteiger partial charge in [-0.25, -0.2) is 4.79 Å². The van der Waals surface area contributed by atoms with Crippen molar-refractivity contribution in [1.29, 1.82) is 0 Å². The molecular weight excluding hydrogens is 310 g/mol. The zero-order valence-electron chi connectivity index (χ0n) is 13.7. The van der Waals surface area contributed by atoms with E-state index < -0.39 is 5.97 Å². The standard InChI is InChI=1S/C17H17N3O4/c1-4-13-15(11(3)23-19-13)17(21)22-9-14-18-16(20-24-14)12-7-5-10(2)6-8-12/h5-8H,4,9H2,1-3H3. The maximum absolute atomic E-state index is 12.2. The van der Waals surface area contributed by atoms with Gasteiger partial charge in [-0.15, -0.1) is 0 Å². The summed E-state index contributed by atoms with van der Waals surface area (Å²) in [6, 6.07) is 7.74. The van der Waals surface area contributed by atoms with E-state index in [2.05, 4.69) is 15.3 Å². The van der Waals surface area contributed by atoms with Crippen molar-refractivity contribution in [2.75, 3.05) is 0 Å². The Morgan fingerprint density at radius 3 is 2.58 bits per heavy atom. The summed E-state index contributed by atoms with van der Waals surface area (Å²) in [6.07, 6.45) is 0.583. The van der Waals surface area contributed by atoms with Crippen molar-refractivity contribution in [3.05, 3.63) is 52.7 Å². The van der Waals surface area contributed by atoms with E-state index in [4.69, 9.17) is 13.8 Å². The van der Waals surface area contributed by atoms with Crippen molar-refractivity contribution in [3.8, 4) is 11.4 Å². The number of carbonyl (C=O) groups is 1. The van der Waals surface area contributed by atoms with Gasteiger partial charge >= 0.3 is 5.97 Å². The van der Waals surface area contributed by atoms with Gasteiger partial charge in [0.25, 0.3) is 5.89 Å². The average molecular weight is 327 g/mol. The molecule has 0 aliphatic heterocycles. The van der Waals surface area contributed by atoms with E-state index in [1.807, 2.05) is 38.1 Å². The lowest BCUT2D eigenvalue weighted by Gasteiger charge is -2.01. The summed E-state index contributed by atoms with van der Waals surface area (Å²) in [4.78, 5) is 16.4. The molecular formula is C17H17N3O4. The molecule has 2 heterocycles. The van der Waals surface area contributed by atoms with Crippen LogP contribution in [0.4, 0.5) is 0 Å². The Balaban J connectivity index is 1.68. The van der Waals surface area contributed by atoms with Crippen molar-refractivity contribution >= 4 is 5.97 Å². The highest BCUT2D eigenvalue weighted by atomic mass is 16.6. The molecule has 0 atom stereocenters. The third kappa shape index (κ3) is 3.19. The number of benzene rings is 1. The molecule has 0 bridgehead atoms. The summed E-state index contributed by atoms with van der Waals surface area (Å²) in [5.74, 6) is 0.603. The molecule has 0 N–H and O–H groups in total.